The number of benzene rings is 4. The molecular formula is C37H39N4O11PS2. The minimum absolute atomic E-state index is 0.00796. The lowest BCUT2D eigenvalue weighted by molar-refractivity contribution is 0.0224. The van der Waals surface area contributed by atoms with E-state index in [1.54, 1.807) is 70.2 Å². The maximum absolute atomic E-state index is 13.4. The molecule has 0 saturated heterocycles. The molecular weight excluding hydrogens is 772 g/mol. The molecule has 2 aliphatic rings. The van der Waals surface area contributed by atoms with Crippen molar-refractivity contribution in [3.05, 3.63) is 107 Å². The fourth-order valence-corrected chi connectivity index (χ4v) is 9.02. The van der Waals surface area contributed by atoms with Crippen molar-refractivity contribution in [3.63, 3.8) is 0 Å². The van der Waals surface area contributed by atoms with Crippen molar-refractivity contribution in [1.82, 2.24) is 15.4 Å². The van der Waals surface area contributed by atoms with Gasteiger partial charge in [0, 0.05) is 54.1 Å². The van der Waals surface area contributed by atoms with Gasteiger partial charge in [0.15, 0.2) is 10.7 Å². The summed E-state index contributed by atoms with van der Waals surface area (Å²) in [6, 6.07) is 20.2. The Labute approximate surface area is 322 Å². The first-order valence-corrected chi connectivity index (χ1v) is 20.6. The monoisotopic (exact) mass is 810 g/mol. The molecule has 0 atom stereocenters. The van der Waals surface area contributed by atoms with Crippen LogP contribution in [0.3, 0.4) is 0 Å². The standard InChI is InChI=1S/C37H39N4O11PS2/c1-21(2)51-53(46,52-22(3)4)36(45)38-15-16-40-55(47,48)27-10-5-23(6-11-27)20-39-35(54)41-24-7-12-29-28(17-24)34(44)50-37(29)30-13-8-25(42)18-32(30)49-33-19-26(43)9-14-31(33)37/h5-14,17-19,21-22,40,42-43H,15-16,20H2,1-4H3,(H,38,45)(H2,39,41,54). The molecule has 55 heavy (non-hydrogen) atoms. The number of anilines is 1. The van der Waals surface area contributed by atoms with Gasteiger partial charge in [-0.2, -0.15) is 0 Å². The number of phenols is 2. The van der Waals surface area contributed by atoms with Crippen LogP contribution in [-0.2, 0) is 40.5 Å². The summed E-state index contributed by atoms with van der Waals surface area (Å²) in [6.07, 6.45) is -1.07. The molecule has 290 valence electrons. The Morgan fingerprint density at radius 1 is 0.836 bits per heavy atom. The maximum atomic E-state index is 13.4. The molecule has 0 bridgehead atoms. The largest absolute Gasteiger partial charge is 0.508 e. The molecule has 6 rings (SSSR count). The van der Waals surface area contributed by atoms with Crippen LogP contribution in [0.5, 0.6) is 23.0 Å². The zero-order chi connectivity index (χ0) is 39.7. The van der Waals surface area contributed by atoms with E-state index in [1.165, 1.54) is 36.4 Å². The minimum Gasteiger partial charge on any atom is -0.508 e. The first-order chi connectivity index (χ1) is 26.0. The van der Waals surface area contributed by atoms with Gasteiger partial charge < -0.3 is 35.6 Å². The van der Waals surface area contributed by atoms with Crippen molar-refractivity contribution in [2.75, 3.05) is 18.4 Å². The average Bonchev–Trinajstić information content (AvgIpc) is 3.39. The van der Waals surface area contributed by atoms with Crippen LogP contribution in [0.25, 0.3) is 0 Å². The Morgan fingerprint density at radius 2 is 1.42 bits per heavy atom. The Balaban J connectivity index is 1.06. The van der Waals surface area contributed by atoms with Gasteiger partial charge in [0.05, 0.1) is 22.7 Å². The number of nitrogens with one attached hydrogen (secondary N) is 4. The van der Waals surface area contributed by atoms with E-state index in [0.717, 1.165) is 5.56 Å². The summed E-state index contributed by atoms with van der Waals surface area (Å²) < 4.78 is 63.6. The number of sulfonamides is 1. The van der Waals surface area contributed by atoms with Crippen LogP contribution in [-0.4, -0.2) is 60.7 Å². The predicted octanol–water partition coefficient (Wildman–Crippen LogP) is 6.18. The van der Waals surface area contributed by atoms with Crippen molar-refractivity contribution in [3.8, 4) is 23.0 Å². The summed E-state index contributed by atoms with van der Waals surface area (Å²) in [5, 5.41) is 29.0. The number of aromatic hydroxyl groups is 2. The molecule has 1 spiro atoms. The van der Waals surface area contributed by atoms with Gasteiger partial charge in [-0.1, -0.05) is 18.2 Å². The van der Waals surface area contributed by atoms with Gasteiger partial charge in [-0.15, -0.1) is 0 Å². The number of esters is 1. The first kappa shape index (κ1) is 39.7. The number of phenolic OH excluding ortho intramolecular Hbond substituents is 2. The molecule has 0 aliphatic carbocycles. The summed E-state index contributed by atoms with van der Waals surface area (Å²) in [7, 11) is -8.05. The van der Waals surface area contributed by atoms with Crippen LogP contribution < -0.4 is 25.4 Å². The molecule has 0 saturated carbocycles. The Hall–Kier alpha value is -5.03. The normalized spacial score (nSPS) is 14.1. The smallest absolute Gasteiger partial charge is 0.418 e. The van der Waals surface area contributed by atoms with Crippen molar-refractivity contribution in [2.24, 2.45) is 0 Å². The van der Waals surface area contributed by atoms with E-state index in [4.69, 9.17) is 30.7 Å². The first-order valence-electron chi connectivity index (χ1n) is 17.1. The van der Waals surface area contributed by atoms with Gasteiger partial charge in [-0.3, -0.25) is 13.8 Å². The van der Waals surface area contributed by atoms with E-state index in [-0.39, 0.29) is 58.2 Å². The topological polar surface area (TPSA) is 211 Å². The quantitative estimate of drug-likeness (QED) is 0.0386. The molecule has 0 aromatic heterocycles. The minimum atomic E-state index is -4.12. The molecule has 15 nitrogen and oxygen atoms in total. The summed E-state index contributed by atoms with van der Waals surface area (Å²) in [4.78, 5) is 25.9. The Morgan fingerprint density at radius 3 is 2.00 bits per heavy atom. The van der Waals surface area contributed by atoms with Gasteiger partial charge >= 0.3 is 19.2 Å². The average molecular weight is 811 g/mol. The number of carbonyl (C=O) groups is 2. The second kappa shape index (κ2) is 15.6. The van der Waals surface area contributed by atoms with Crippen LogP contribution in [0.2, 0.25) is 0 Å². The van der Waals surface area contributed by atoms with Gasteiger partial charge in [0.2, 0.25) is 10.0 Å². The summed E-state index contributed by atoms with van der Waals surface area (Å²) in [6.45, 7) is 6.38. The SMILES string of the molecule is CC(C)OP(=O)(OC(C)C)C(=O)NCCNS(=O)(=O)c1ccc(CNC(=S)Nc2ccc3c(c2)C(=O)OC32c3ccc(O)cc3Oc3cc(O)ccc32)cc1. The molecule has 0 fully saturated rings. The fourth-order valence-electron chi connectivity index (χ4n) is 6.14. The highest BCUT2D eigenvalue weighted by molar-refractivity contribution is 7.89. The van der Waals surface area contributed by atoms with Crippen LogP contribution in [0.1, 0.15) is 60.3 Å². The zero-order valence-electron chi connectivity index (χ0n) is 30.1. The third-order valence-corrected chi connectivity index (χ3v) is 12.1. The predicted molar refractivity (Wildman–Crippen MR) is 206 cm³/mol. The van der Waals surface area contributed by atoms with Gasteiger partial charge in [0.1, 0.15) is 23.0 Å². The Bertz CT molecular complexity index is 2250. The lowest BCUT2D eigenvalue weighted by Gasteiger charge is -2.36. The van der Waals surface area contributed by atoms with E-state index in [0.29, 0.717) is 22.4 Å². The zero-order valence-corrected chi connectivity index (χ0v) is 32.6. The third-order valence-electron chi connectivity index (χ3n) is 8.36. The third kappa shape index (κ3) is 8.32. The van der Waals surface area contributed by atoms with E-state index >= 15 is 0 Å². The van der Waals surface area contributed by atoms with Crippen LogP contribution >= 0.6 is 19.8 Å². The van der Waals surface area contributed by atoms with Crippen LogP contribution in [0.4, 0.5) is 10.5 Å². The number of rotatable bonds is 13. The molecule has 2 heterocycles. The van der Waals surface area contributed by atoms with Crippen LogP contribution in [0, 0.1) is 0 Å². The second-order valence-corrected chi connectivity index (χ2v) is 17.2. The molecule has 1 amide bonds. The van der Waals surface area contributed by atoms with Crippen molar-refractivity contribution in [2.45, 2.75) is 56.9 Å². The Kier molecular flexibility index (Phi) is 11.3. The van der Waals surface area contributed by atoms with Crippen LogP contribution in [0.15, 0.2) is 83.8 Å². The number of carbonyl (C=O) groups excluding carboxylic acids is 2. The molecule has 0 unspecified atom stereocenters. The van der Waals surface area contributed by atoms with Gasteiger partial charge in [0.25, 0.3) is 0 Å². The molecule has 18 heteroatoms. The van der Waals surface area contributed by atoms with Crippen molar-refractivity contribution in [1.29, 1.82) is 0 Å². The van der Waals surface area contributed by atoms with Gasteiger partial charge in [-0.25, -0.2) is 22.5 Å². The summed E-state index contributed by atoms with van der Waals surface area (Å²) >= 11 is 5.49. The highest BCUT2D eigenvalue weighted by atomic mass is 32.2. The van der Waals surface area contributed by atoms with E-state index in [2.05, 4.69) is 20.7 Å². The number of hydrogen-bond donors (Lipinski definition) is 6. The van der Waals surface area contributed by atoms with Gasteiger partial charge in [-0.05, 0) is 94.0 Å². The highest BCUT2D eigenvalue weighted by Gasteiger charge is 2.53. The second-order valence-electron chi connectivity index (χ2n) is 13.2. The summed E-state index contributed by atoms with van der Waals surface area (Å²) in [5.41, 5.74) is 0.696. The maximum Gasteiger partial charge on any atom is 0.418 e. The van der Waals surface area contributed by atoms with E-state index in [1.807, 2.05) is 0 Å². The molecule has 4 aromatic rings. The lowest BCUT2D eigenvalue weighted by Crippen LogP contribution is -2.35. The molecule has 2 aliphatic heterocycles. The number of thiocarbonyl (C=S) groups is 1. The van der Waals surface area contributed by atoms with Crippen molar-refractivity contribution >= 4 is 52.3 Å². The molecule has 0 radical (unpaired) electrons. The van der Waals surface area contributed by atoms with E-state index in [9.17, 15) is 32.8 Å². The lowest BCUT2D eigenvalue weighted by atomic mass is 9.77. The number of hydrogen-bond acceptors (Lipinski definition) is 12. The molecule has 4 aromatic carbocycles. The number of amides is 1. The molecule has 6 N–H and O–H groups in total. The number of fused-ring (bicyclic) bond motifs is 6. The number of ether oxygens (including phenoxy) is 2. The highest BCUT2D eigenvalue weighted by Crippen LogP contribution is 2.57. The fraction of sp³-hybridized carbons (Fsp3) is 0.270. The van der Waals surface area contributed by atoms with Crippen molar-refractivity contribution < 1.29 is 51.3 Å². The van der Waals surface area contributed by atoms with E-state index < -0.39 is 47.0 Å². The summed E-state index contributed by atoms with van der Waals surface area (Å²) in [5.74, 6) is -0.139.